The van der Waals surface area contributed by atoms with Crippen LogP contribution in [0.4, 0.5) is 0 Å². The molecule has 1 aliphatic rings. The summed E-state index contributed by atoms with van der Waals surface area (Å²) in [7, 11) is 0. The summed E-state index contributed by atoms with van der Waals surface area (Å²) in [6.07, 6.45) is 1.69. The van der Waals surface area contributed by atoms with Crippen LogP contribution in [0.2, 0.25) is 0 Å². The topological polar surface area (TPSA) is 35.5 Å². The lowest BCUT2D eigenvalue weighted by atomic mass is 10.0. The van der Waals surface area contributed by atoms with Crippen molar-refractivity contribution in [3.05, 3.63) is 70.8 Å². The van der Waals surface area contributed by atoms with E-state index < -0.39 is 0 Å². The summed E-state index contributed by atoms with van der Waals surface area (Å²) in [5.74, 6) is 0. The van der Waals surface area contributed by atoms with E-state index in [-0.39, 0.29) is 6.10 Å². The molecular weight excluding hydrogens is 296 g/mol. The molecule has 0 aromatic heterocycles. The van der Waals surface area contributed by atoms with Gasteiger partial charge in [-0.1, -0.05) is 54.1 Å². The second-order valence-corrected chi connectivity index (χ2v) is 6.87. The minimum Gasteiger partial charge on any atom is -0.393 e. The van der Waals surface area contributed by atoms with Crippen LogP contribution in [0.15, 0.2) is 48.5 Å². The molecular formula is C21H28N2O. The molecule has 24 heavy (non-hydrogen) atoms. The number of aliphatic hydroxyl groups is 1. The molecule has 1 aliphatic heterocycles. The largest absolute Gasteiger partial charge is 0.393 e. The molecule has 0 bridgehead atoms. The van der Waals surface area contributed by atoms with Crippen molar-refractivity contribution in [2.45, 2.75) is 45.5 Å². The molecule has 0 amide bonds. The van der Waals surface area contributed by atoms with Crippen molar-refractivity contribution >= 4 is 0 Å². The van der Waals surface area contributed by atoms with Gasteiger partial charge in [0.2, 0.25) is 0 Å². The molecule has 2 aromatic rings. The summed E-state index contributed by atoms with van der Waals surface area (Å²) in [4.78, 5) is 2.45. The zero-order valence-corrected chi connectivity index (χ0v) is 14.5. The fourth-order valence-corrected chi connectivity index (χ4v) is 3.37. The number of hydrogen-bond donors (Lipinski definition) is 2. The third kappa shape index (κ3) is 4.91. The van der Waals surface area contributed by atoms with Gasteiger partial charge in [0.15, 0.2) is 0 Å². The van der Waals surface area contributed by atoms with Crippen molar-refractivity contribution in [1.29, 1.82) is 0 Å². The highest BCUT2D eigenvalue weighted by Crippen LogP contribution is 2.16. The van der Waals surface area contributed by atoms with Gasteiger partial charge in [-0.3, -0.25) is 4.90 Å². The number of nitrogens with zero attached hydrogens (tertiary/aromatic N) is 1. The van der Waals surface area contributed by atoms with Crippen molar-refractivity contribution in [2.24, 2.45) is 0 Å². The van der Waals surface area contributed by atoms with Gasteiger partial charge < -0.3 is 10.4 Å². The zero-order valence-electron chi connectivity index (χ0n) is 14.5. The Balaban J connectivity index is 1.55. The van der Waals surface area contributed by atoms with Gasteiger partial charge >= 0.3 is 0 Å². The van der Waals surface area contributed by atoms with Crippen LogP contribution in [0, 0.1) is 6.92 Å². The Labute approximate surface area is 145 Å². The average Bonchev–Trinajstić information content (AvgIpc) is 2.58. The van der Waals surface area contributed by atoms with Crippen LogP contribution in [0.3, 0.4) is 0 Å². The lowest BCUT2D eigenvalue weighted by molar-refractivity contribution is 0.0791. The van der Waals surface area contributed by atoms with Gasteiger partial charge in [0.1, 0.15) is 0 Å². The van der Waals surface area contributed by atoms with E-state index in [2.05, 4.69) is 65.7 Å². The number of aliphatic hydroxyl groups excluding tert-OH is 1. The first kappa shape index (κ1) is 17.2. The zero-order chi connectivity index (χ0) is 16.8. The highest BCUT2D eigenvalue weighted by atomic mass is 16.3. The van der Waals surface area contributed by atoms with Gasteiger partial charge in [0.05, 0.1) is 6.10 Å². The number of rotatable bonds is 6. The minimum atomic E-state index is -0.104. The second kappa shape index (κ2) is 8.43. The summed E-state index contributed by atoms with van der Waals surface area (Å²) in [6.45, 7) is 6.88. The fraction of sp³-hybridized carbons (Fsp3) is 0.429. The Morgan fingerprint density at radius 2 is 1.75 bits per heavy atom. The molecule has 2 N–H and O–H groups in total. The third-order valence-corrected chi connectivity index (χ3v) is 4.80. The molecule has 3 rings (SSSR count). The summed E-state index contributed by atoms with van der Waals surface area (Å²) >= 11 is 0. The molecule has 0 atom stereocenters. The lowest BCUT2D eigenvalue weighted by Gasteiger charge is -2.30. The predicted molar refractivity (Wildman–Crippen MR) is 98.7 cm³/mol. The number of aryl methyl sites for hydroxylation is 1. The van der Waals surface area contributed by atoms with Crippen LogP contribution in [-0.4, -0.2) is 29.2 Å². The summed E-state index contributed by atoms with van der Waals surface area (Å²) in [6, 6.07) is 17.3. The van der Waals surface area contributed by atoms with Crippen molar-refractivity contribution in [1.82, 2.24) is 10.2 Å². The van der Waals surface area contributed by atoms with E-state index in [0.29, 0.717) is 0 Å². The third-order valence-electron chi connectivity index (χ3n) is 4.80. The Hall–Kier alpha value is -1.68. The quantitative estimate of drug-likeness (QED) is 0.856. The first-order chi connectivity index (χ1) is 11.7. The molecule has 1 heterocycles. The van der Waals surface area contributed by atoms with Crippen molar-refractivity contribution in [3.63, 3.8) is 0 Å². The SMILES string of the molecule is Cc1cccc(CNCc2ccccc2CN2CCC(O)CC2)c1. The van der Waals surface area contributed by atoms with Gasteiger partial charge in [0.25, 0.3) is 0 Å². The van der Waals surface area contributed by atoms with Gasteiger partial charge in [0, 0.05) is 32.7 Å². The number of nitrogens with one attached hydrogen (secondary N) is 1. The first-order valence-corrected chi connectivity index (χ1v) is 8.94. The summed E-state index contributed by atoms with van der Waals surface area (Å²) < 4.78 is 0. The highest BCUT2D eigenvalue weighted by molar-refractivity contribution is 5.27. The number of hydrogen-bond acceptors (Lipinski definition) is 3. The first-order valence-electron chi connectivity index (χ1n) is 8.94. The molecule has 0 saturated carbocycles. The maximum absolute atomic E-state index is 9.65. The van der Waals surface area contributed by atoms with E-state index in [9.17, 15) is 5.11 Å². The molecule has 0 unspecified atom stereocenters. The average molecular weight is 324 g/mol. The van der Waals surface area contributed by atoms with E-state index in [0.717, 1.165) is 45.6 Å². The van der Waals surface area contributed by atoms with Gasteiger partial charge in [-0.15, -0.1) is 0 Å². The van der Waals surface area contributed by atoms with Crippen molar-refractivity contribution in [2.75, 3.05) is 13.1 Å². The maximum Gasteiger partial charge on any atom is 0.0564 e. The van der Waals surface area contributed by atoms with E-state index in [4.69, 9.17) is 0 Å². The van der Waals surface area contributed by atoms with E-state index in [1.54, 1.807) is 0 Å². The van der Waals surface area contributed by atoms with Crippen LogP contribution in [-0.2, 0) is 19.6 Å². The Morgan fingerprint density at radius 1 is 1.00 bits per heavy atom. The number of piperidine rings is 1. The van der Waals surface area contributed by atoms with Crippen LogP contribution >= 0.6 is 0 Å². The van der Waals surface area contributed by atoms with Crippen LogP contribution < -0.4 is 5.32 Å². The fourth-order valence-electron chi connectivity index (χ4n) is 3.37. The molecule has 0 spiro atoms. The summed E-state index contributed by atoms with van der Waals surface area (Å²) in [5, 5.41) is 13.2. The molecule has 1 saturated heterocycles. The van der Waals surface area contributed by atoms with E-state index in [1.807, 2.05) is 0 Å². The molecule has 3 heteroatoms. The van der Waals surface area contributed by atoms with Crippen molar-refractivity contribution < 1.29 is 5.11 Å². The Bertz CT molecular complexity index is 648. The second-order valence-electron chi connectivity index (χ2n) is 6.87. The predicted octanol–water partition coefficient (Wildman–Crippen LogP) is 3.24. The number of benzene rings is 2. The monoisotopic (exact) mass is 324 g/mol. The van der Waals surface area contributed by atoms with E-state index in [1.165, 1.54) is 22.3 Å². The maximum atomic E-state index is 9.65. The standard InChI is InChI=1S/C21H28N2O/c1-17-5-4-6-18(13-17)14-22-15-19-7-2-3-8-20(19)16-23-11-9-21(24)10-12-23/h2-8,13,21-22,24H,9-12,14-16H2,1H3. The van der Waals surface area contributed by atoms with Crippen molar-refractivity contribution in [3.8, 4) is 0 Å². The molecule has 3 nitrogen and oxygen atoms in total. The molecule has 0 radical (unpaired) electrons. The van der Waals surface area contributed by atoms with E-state index >= 15 is 0 Å². The van der Waals surface area contributed by atoms with Gasteiger partial charge in [-0.2, -0.15) is 0 Å². The molecule has 0 aliphatic carbocycles. The van der Waals surface area contributed by atoms with Crippen LogP contribution in [0.1, 0.15) is 35.1 Å². The molecule has 1 fully saturated rings. The highest BCUT2D eigenvalue weighted by Gasteiger charge is 2.17. The smallest absolute Gasteiger partial charge is 0.0564 e. The Morgan fingerprint density at radius 3 is 2.50 bits per heavy atom. The Kier molecular flexibility index (Phi) is 6.02. The molecule has 2 aromatic carbocycles. The van der Waals surface area contributed by atoms with Gasteiger partial charge in [-0.05, 0) is 36.5 Å². The minimum absolute atomic E-state index is 0.104. The summed E-state index contributed by atoms with van der Waals surface area (Å²) in [5.41, 5.74) is 5.40. The number of likely N-dealkylation sites (tertiary alicyclic amines) is 1. The van der Waals surface area contributed by atoms with Crippen LogP contribution in [0.5, 0.6) is 0 Å². The normalized spacial score (nSPS) is 16.4. The van der Waals surface area contributed by atoms with Crippen LogP contribution in [0.25, 0.3) is 0 Å². The lowest BCUT2D eigenvalue weighted by Crippen LogP contribution is -2.35. The molecule has 128 valence electrons. The van der Waals surface area contributed by atoms with Gasteiger partial charge in [-0.25, -0.2) is 0 Å².